The standard InChI is InChI=1S/C26H29FN4O3/c1-3-23(32)18-11-19(25(27)24(12-18)33-2)16-34-21-14-29-26(30-15-21)31-20-9-10-22(28-13-20)17-7-5-4-6-8-17/h9-15,17H,3-8,16H2,1-2H3,(H,29,30,31). The summed E-state index contributed by atoms with van der Waals surface area (Å²) in [6.45, 7) is 1.66. The number of aromatic nitrogens is 3. The molecule has 0 atom stereocenters. The number of ketones is 1. The van der Waals surface area contributed by atoms with Gasteiger partial charge in [0.1, 0.15) is 6.61 Å². The number of anilines is 2. The van der Waals surface area contributed by atoms with Crippen molar-refractivity contribution >= 4 is 17.4 Å². The Bertz CT molecular complexity index is 1110. The van der Waals surface area contributed by atoms with E-state index in [1.807, 2.05) is 6.07 Å². The molecule has 0 aliphatic heterocycles. The predicted molar refractivity (Wildman–Crippen MR) is 127 cm³/mol. The van der Waals surface area contributed by atoms with Gasteiger partial charge in [0.15, 0.2) is 23.1 Å². The molecule has 34 heavy (non-hydrogen) atoms. The van der Waals surface area contributed by atoms with E-state index in [2.05, 4.69) is 26.3 Å². The maximum atomic E-state index is 14.6. The van der Waals surface area contributed by atoms with Gasteiger partial charge >= 0.3 is 0 Å². The Hall–Kier alpha value is -3.55. The summed E-state index contributed by atoms with van der Waals surface area (Å²) in [7, 11) is 1.36. The van der Waals surface area contributed by atoms with Crippen LogP contribution in [-0.4, -0.2) is 27.8 Å². The van der Waals surface area contributed by atoms with Gasteiger partial charge in [-0.15, -0.1) is 0 Å². The Kier molecular flexibility index (Phi) is 7.67. The number of Topliss-reactive ketones (excluding diaryl/α,β-unsaturated/α-hetero) is 1. The summed E-state index contributed by atoms with van der Waals surface area (Å²) in [5.74, 6) is 0.695. The smallest absolute Gasteiger partial charge is 0.227 e. The largest absolute Gasteiger partial charge is 0.494 e. The van der Waals surface area contributed by atoms with Gasteiger partial charge in [-0.25, -0.2) is 14.4 Å². The van der Waals surface area contributed by atoms with Gasteiger partial charge in [0, 0.05) is 29.2 Å². The molecule has 7 nitrogen and oxygen atoms in total. The van der Waals surface area contributed by atoms with Gasteiger partial charge in [-0.05, 0) is 37.1 Å². The molecule has 8 heteroatoms. The van der Waals surface area contributed by atoms with E-state index in [4.69, 9.17) is 9.47 Å². The number of hydrogen-bond donors (Lipinski definition) is 1. The Labute approximate surface area is 198 Å². The summed E-state index contributed by atoms with van der Waals surface area (Å²) in [5, 5.41) is 3.13. The summed E-state index contributed by atoms with van der Waals surface area (Å²) in [6.07, 6.45) is 11.4. The van der Waals surface area contributed by atoms with Gasteiger partial charge < -0.3 is 14.8 Å². The van der Waals surface area contributed by atoms with Crippen molar-refractivity contribution in [2.24, 2.45) is 0 Å². The highest BCUT2D eigenvalue weighted by Crippen LogP contribution is 2.32. The van der Waals surface area contributed by atoms with E-state index in [0.717, 1.165) is 11.4 Å². The number of ether oxygens (including phenoxy) is 2. The molecular formula is C26H29FN4O3. The second-order valence-electron chi connectivity index (χ2n) is 8.39. The average molecular weight is 465 g/mol. The predicted octanol–water partition coefficient (Wildman–Crippen LogP) is 5.98. The molecule has 1 saturated carbocycles. The van der Waals surface area contributed by atoms with Crippen molar-refractivity contribution in [3.8, 4) is 11.5 Å². The normalized spacial score (nSPS) is 14.0. The number of halogens is 1. The first-order valence-corrected chi connectivity index (χ1v) is 11.6. The summed E-state index contributed by atoms with van der Waals surface area (Å²) < 4.78 is 25.3. The van der Waals surface area contributed by atoms with Gasteiger partial charge in [0.25, 0.3) is 0 Å². The summed E-state index contributed by atoms with van der Waals surface area (Å²) in [4.78, 5) is 25.2. The molecule has 2 heterocycles. The van der Waals surface area contributed by atoms with Crippen LogP contribution >= 0.6 is 0 Å². The van der Waals surface area contributed by atoms with Gasteiger partial charge in [0.05, 0.1) is 31.4 Å². The van der Waals surface area contributed by atoms with E-state index in [1.54, 1.807) is 13.1 Å². The zero-order valence-electron chi connectivity index (χ0n) is 19.5. The van der Waals surface area contributed by atoms with Gasteiger partial charge in [0.2, 0.25) is 5.95 Å². The first kappa shape index (κ1) is 23.6. The Morgan fingerprint density at radius 2 is 1.85 bits per heavy atom. The second-order valence-corrected chi connectivity index (χ2v) is 8.39. The highest BCUT2D eigenvalue weighted by Gasteiger charge is 2.17. The molecule has 4 rings (SSSR count). The maximum absolute atomic E-state index is 14.6. The Morgan fingerprint density at radius 3 is 2.50 bits per heavy atom. The van der Waals surface area contributed by atoms with Gasteiger partial charge in [-0.1, -0.05) is 26.2 Å². The number of rotatable bonds is 9. The van der Waals surface area contributed by atoms with Gasteiger partial charge in [-0.3, -0.25) is 9.78 Å². The lowest BCUT2D eigenvalue weighted by Crippen LogP contribution is -2.07. The van der Waals surface area contributed by atoms with E-state index < -0.39 is 5.82 Å². The van der Waals surface area contributed by atoms with E-state index in [1.165, 1.54) is 63.7 Å². The summed E-state index contributed by atoms with van der Waals surface area (Å²) in [5.41, 5.74) is 2.56. The highest BCUT2D eigenvalue weighted by molar-refractivity contribution is 5.96. The number of methoxy groups -OCH3 is 1. The van der Waals surface area contributed by atoms with Crippen molar-refractivity contribution in [2.45, 2.75) is 58.0 Å². The van der Waals surface area contributed by atoms with E-state index >= 15 is 0 Å². The fourth-order valence-electron chi connectivity index (χ4n) is 4.14. The molecule has 0 spiro atoms. The lowest BCUT2D eigenvalue weighted by atomic mass is 9.87. The molecule has 1 aliphatic carbocycles. The number of nitrogens with one attached hydrogen (secondary N) is 1. The lowest BCUT2D eigenvalue weighted by Gasteiger charge is -2.21. The van der Waals surface area contributed by atoms with E-state index in [-0.39, 0.29) is 23.7 Å². The van der Waals surface area contributed by atoms with Crippen LogP contribution in [0.5, 0.6) is 11.5 Å². The molecule has 0 saturated heterocycles. The molecule has 1 N–H and O–H groups in total. The molecule has 178 valence electrons. The number of carbonyl (C=O) groups excluding carboxylic acids is 1. The van der Waals surface area contributed by atoms with Crippen LogP contribution < -0.4 is 14.8 Å². The number of pyridine rings is 1. The van der Waals surface area contributed by atoms with Gasteiger partial charge in [-0.2, -0.15) is 0 Å². The molecule has 1 fully saturated rings. The highest BCUT2D eigenvalue weighted by atomic mass is 19.1. The zero-order chi connectivity index (χ0) is 23.9. The third-order valence-corrected chi connectivity index (χ3v) is 6.07. The maximum Gasteiger partial charge on any atom is 0.227 e. The van der Waals surface area contributed by atoms with E-state index in [0.29, 0.717) is 29.6 Å². The fourth-order valence-corrected chi connectivity index (χ4v) is 4.14. The van der Waals surface area contributed by atoms with Crippen molar-refractivity contribution in [1.82, 2.24) is 15.0 Å². The van der Waals surface area contributed by atoms with Crippen LogP contribution in [0.3, 0.4) is 0 Å². The summed E-state index contributed by atoms with van der Waals surface area (Å²) >= 11 is 0. The minimum Gasteiger partial charge on any atom is -0.494 e. The van der Waals surface area contributed by atoms with Crippen LogP contribution in [-0.2, 0) is 6.61 Å². The third-order valence-electron chi connectivity index (χ3n) is 6.07. The zero-order valence-corrected chi connectivity index (χ0v) is 19.5. The minimum atomic E-state index is -0.557. The van der Waals surface area contributed by atoms with Crippen LogP contribution in [0.15, 0.2) is 42.9 Å². The monoisotopic (exact) mass is 464 g/mol. The van der Waals surface area contributed by atoms with Crippen LogP contribution in [0.1, 0.15) is 73.0 Å². The average Bonchev–Trinajstić information content (AvgIpc) is 2.89. The quantitative estimate of drug-likeness (QED) is 0.390. The number of hydrogen-bond acceptors (Lipinski definition) is 7. The van der Waals surface area contributed by atoms with Crippen molar-refractivity contribution in [1.29, 1.82) is 0 Å². The van der Waals surface area contributed by atoms with Crippen LogP contribution in [0, 0.1) is 5.82 Å². The lowest BCUT2D eigenvalue weighted by molar-refractivity contribution is 0.0987. The van der Waals surface area contributed by atoms with Crippen molar-refractivity contribution in [3.63, 3.8) is 0 Å². The molecule has 0 radical (unpaired) electrons. The molecule has 2 aromatic heterocycles. The van der Waals surface area contributed by atoms with Crippen molar-refractivity contribution in [2.75, 3.05) is 12.4 Å². The topological polar surface area (TPSA) is 86.2 Å². The molecule has 3 aromatic rings. The first-order chi connectivity index (χ1) is 16.6. The molecule has 0 unspecified atom stereocenters. The minimum absolute atomic E-state index is 0.0109. The molecule has 1 aliphatic rings. The first-order valence-electron chi connectivity index (χ1n) is 11.6. The van der Waals surface area contributed by atoms with Crippen LogP contribution in [0.2, 0.25) is 0 Å². The Morgan fingerprint density at radius 1 is 1.09 bits per heavy atom. The second kappa shape index (κ2) is 11.0. The number of carbonyl (C=O) groups is 1. The molecule has 0 amide bonds. The number of benzene rings is 1. The number of nitrogens with zero attached hydrogens (tertiary/aromatic N) is 3. The van der Waals surface area contributed by atoms with E-state index in [9.17, 15) is 9.18 Å². The Balaban J connectivity index is 1.37. The summed E-state index contributed by atoms with van der Waals surface area (Å²) in [6, 6.07) is 6.96. The van der Waals surface area contributed by atoms with Crippen LogP contribution in [0.25, 0.3) is 0 Å². The SMILES string of the molecule is CCC(=O)c1cc(COc2cnc(Nc3ccc(C4CCCCC4)nc3)nc2)c(F)c(OC)c1. The molecule has 1 aromatic carbocycles. The fraction of sp³-hybridized carbons (Fsp3) is 0.385. The van der Waals surface area contributed by atoms with Crippen LogP contribution in [0.4, 0.5) is 16.0 Å². The van der Waals surface area contributed by atoms with Crippen molar-refractivity contribution < 1.29 is 18.7 Å². The molecule has 0 bridgehead atoms. The third kappa shape index (κ3) is 5.68. The molecular weight excluding hydrogens is 435 g/mol. The van der Waals surface area contributed by atoms with Crippen molar-refractivity contribution in [3.05, 3.63) is 65.5 Å².